The zero-order chi connectivity index (χ0) is 9.98. The van der Waals surface area contributed by atoms with E-state index in [0.717, 1.165) is 0 Å². The lowest BCUT2D eigenvalue weighted by Gasteiger charge is -1.90. The molecule has 0 saturated carbocycles. The van der Waals surface area contributed by atoms with Crippen LogP contribution in [0, 0.1) is 13.8 Å². The lowest BCUT2D eigenvalue weighted by atomic mass is 10.2. The second-order valence-corrected chi connectivity index (χ2v) is 2.15. The highest BCUT2D eigenvalue weighted by Gasteiger charge is 1.79. The second-order valence-electron chi connectivity index (χ2n) is 2.15. The van der Waals surface area contributed by atoms with Crippen LogP contribution in [0.3, 0.4) is 0 Å². The summed E-state index contributed by atoms with van der Waals surface area (Å²) < 4.78 is 0. The Balaban J connectivity index is 0. The Morgan fingerprint density at radius 1 is 0.750 bits per heavy atom. The van der Waals surface area contributed by atoms with Gasteiger partial charge in [0.1, 0.15) is 0 Å². The van der Waals surface area contributed by atoms with E-state index in [0.29, 0.717) is 0 Å². The molecule has 1 heteroatoms. The van der Waals surface area contributed by atoms with Gasteiger partial charge >= 0.3 is 0 Å². The maximum absolute atomic E-state index is 3.53. The fraction of sp³-hybridized carbons (Fsp3) is 0.455. The first-order valence-electron chi connectivity index (χ1n) is 4.27. The zero-order valence-corrected chi connectivity index (χ0v) is 9.65. The third-order valence-electron chi connectivity index (χ3n) is 1.22. The molecular weight excluding hydrogens is 164 g/mol. The van der Waals surface area contributed by atoms with E-state index in [1.165, 1.54) is 11.1 Å². The topological polar surface area (TPSA) is 0 Å². The second kappa shape index (κ2) is 10.6. The molecule has 0 heterocycles. The number of hydrogen-bond acceptors (Lipinski definition) is 1. The third-order valence-corrected chi connectivity index (χ3v) is 1.22. The predicted octanol–water partition coefficient (Wildman–Crippen LogP) is 3.88. The van der Waals surface area contributed by atoms with E-state index >= 15 is 0 Å². The highest BCUT2D eigenvalue weighted by Crippen LogP contribution is 1.99. The van der Waals surface area contributed by atoms with Crippen LogP contribution in [0.1, 0.15) is 25.0 Å². The SMILES string of the molecule is CC.CS.Cc1ccc(C)cc1. The van der Waals surface area contributed by atoms with Crippen LogP contribution in [0.4, 0.5) is 0 Å². The Hall–Kier alpha value is -0.430. The highest BCUT2D eigenvalue weighted by molar-refractivity contribution is 7.79. The van der Waals surface area contributed by atoms with E-state index in [4.69, 9.17) is 0 Å². The molecule has 0 fully saturated rings. The van der Waals surface area contributed by atoms with Crippen LogP contribution in [-0.4, -0.2) is 6.26 Å². The molecule has 0 atom stereocenters. The minimum Gasteiger partial charge on any atom is -0.183 e. The van der Waals surface area contributed by atoms with Crippen molar-refractivity contribution in [2.45, 2.75) is 27.7 Å². The van der Waals surface area contributed by atoms with Crippen LogP contribution < -0.4 is 0 Å². The van der Waals surface area contributed by atoms with Crippen molar-refractivity contribution in [2.75, 3.05) is 6.26 Å². The summed E-state index contributed by atoms with van der Waals surface area (Å²) in [7, 11) is 0. The number of benzene rings is 1. The van der Waals surface area contributed by atoms with Crippen molar-refractivity contribution in [3.05, 3.63) is 35.4 Å². The van der Waals surface area contributed by atoms with Crippen molar-refractivity contribution in [3.8, 4) is 0 Å². The monoisotopic (exact) mass is 184 g/mol. The minimum atomic E-state index is 1.33. The average molecular weight is 184 g/mol. The molecule has 0 spiro atoms. The molecule has 1 aromatic rings. The van der Waals surface area contributed by atoms with Crippen LogP contribution in [0.5, 0.6) is 0 Å². The van der Waals surface area contributed by atoms with Crippen LogP contribution >= 0.6 is 12.6 Å². The molecule has 1 aromatic carbocycles. The van der Waals surface area contributed by atoms with Crippen molar-refractivity contribution in [2.24, 2.45) is 0 Å². The van der Waals surface area contributed by atoms with Gasteiger partial charge in [-0.05, 0) is 20.1 Å². The number of hydrogen-bond donors (Lipinski definition) is 1. The Kier molecular flexibility index (Phi) is 12.4. The molecular formula is C11H20S. The molecule has 0 bridgehead atoms. The van der Waals surface area contributed by atoms with E-state index in [1.807, 2.05) is 13.8 Å². The first-order valence-corrected chi connectivity index (χ1v) is 5.16. The Bertz CT molecular complexity index is 144. The van der Waals surface area contributed by atoms with Gasteiger partial charge in [-0.25, -0.2) is 0 Å². The third kappa shape index (κ3) is 7.67. The molecule has 0 aliphatic carbocycles. The first kappa shape index (κ1) is 14.1. The van der Waals surface area contributed by atoms with Gasteiger partial charge in [0, 0.05) is 0 Å². The molecule has 0 unspecified atom stereocenters. The van der Waals surface area contributed by atoms with Gasteiger partial charge in [-0.2, -0.15) is 12.6 Å². The van der Waals surface area contributed by atoms with Crippen molar-refractivity contribution in [1.29, 1.82) is 0 Å². The predicted molar refractivity (Wildman–Crippen MR) is 62.2 cm³/mol. The molecule has 1 rings (SSSR count). The van der Waals surface area contributed by atoms with Gasteiger partial charge < -0.3 is 0 Å². The summed E-state index contributed by atoms with van der Waals surface area (Å²) in [5, 5.41) is 0. The lowest BCUT2D eigenvalue weighted by Crippen LogP contribution is -1.70. The number of thiol groups is 1. The van der Waals surface area contributed by atoms with Crippen LogP contribution in [0.2, 0.25) is 0 Å². The maximum Gasteiger partial charge on any atom is -0.0215 e. The number of aryl methyl sites for hydroxylation is 2. The largest absolute Gasteiger partial charge is 0.183 e. The normalized spacial score (nSPS) is 7.17. The first-order chi connectivity index (χ1) is 5.79. The fourth-order valence-electron chi connectivity index (χ4n) is 0.637. The summed E-state index contributed by atoms with van der Waals surface area (Å²) in [4.78, 5) is 0. The molecule has 0 aromatic heterocycles. The molecule has 0 aliphatic heterocycles. The molecule has 0 radical (unpaired) electrons. The maximum atomic E-state index is 3.53. The molecule has 0 saturated heterocycles. The van der Waals surface area contributed by atoms with Gasteiger partial charge in [-0.3, -0.25) is 0 Å². The van der Waals surface area contributed by atoms with Crippen LogP contribution in [-0.2, 0) is 0 Å². The molecule has 0 N–H and O–H groups in total. The Morgan fingerprint density at radius 3 is 1.08 bits per heavy atom. The van der Waals surface area contributed by atoms with Gasteiger partial charge in [-0.1, -0.05) is 49.2 Å². The van der Waals surface area contributed by atoms with Crippen molar-refractivity contribution in [1.82, 2.24) is 0 Å². The Labute approximate surface area is 82.4 Å². The molecule has 70 valence electrons. The standard InChI is InChI=1S/C8H10.C2H6.CH4S/c1-7-3-5-8(2)6-4-7;2*1-2/h3-6H,1-2H3;1-2H3;2H,1H3. The Morgan fingerprint density at radius 2 is 0.917 bits per heavy atom. The lowest BCUT2D eigenvalue weighted by molar-refractivity contribution is 1.40. The molecule has 12 heavy (non-hydrogen) atoms. The summed E-state index contributed by atoms with van der Waals surface area (Å²) in [6, 6.07) is 8.48. The number of rotatable bonds is 0. The summed E-state index contributed by atoms with van der Waals surface area (Å²) in [6.45, 7) is 8.19. The van der Waals surface area contributed by atoms with E-state index in [-0.39, 0.29) is 0 Å². The van der Waals surface area contributed by atoms with Crippen molar-refractivity contribution in [3.63, 3.8) is 0 Å². The van der Waals surface area contributed by atoms with Crippen LogP contribution in [0.25, 0.3) is 0 Å². The molecule has 0 aliphatic rings. The van der Waals surface area contributed by atoms with Crippen molar-refractivity contribution < 1.29 is 0 Å². The molecule has 0 amide bonds. The highest BCUT2D eigenvalue weighted by atomic mass is 32.1. The summed E-state index contributed by atoms with van der Waals surface area (Å²) in [6.07, 6.45) is 1.69. The van der Waals surface area contributed by atoms with Gasteiger partial charge in [0.05, 0.1) is 0 Å². The smallest absolute Gasteiger partial charge is 0.0215 e. The quantitative estimate of drug-likeness (QED) is 0.581. The van der Waals surface area contributed by atoms with Crippen LogP contribution in [0.15, 0.2) is 24.3 Å². The van der Waals surface area contributed by atoms with E-state index in [9.17, 15) is 0 Å². The van der Waals surface area contributed by atoms with E-state index < -0.39 is 0 Å². The van der Waals surface area contributed by atoms with E-state index in [1.54, 1.807) is 6.26 Å². The van der Waals surface area contributed by atoms with Gasteiger partial charge in [0.15, 0.2) is 0 Å². The van der Waals surface area contributed by atoms with Crippen molar-refractivity contribution >= 4 is 12.6 Å². The van der Waals surface area contributed by atoms with Gasteiger partial charge in [-0.15, -0.1) is 0 Å². The van der Waals surface area contributed by atoms with Gasteiger partial charge in [0.2, 0.25) is 0 Å². The molecule has 0 nitrogen and oxygen atoms in total. The minimum absolute atomic E-state index is 1.33. The summed E-state index contributed by atoms with van der Waals surface area (Å²) in [5.41, 5.74) is 2.66. The van der Waals surface area contributed by atoms with E-state index in [2.05, 4.69) is 50.7 Å². The average Bonchev–Trinajstić information content (AvgIpc) is 2.17. The van der Waals surface area contributed by atoms with Gasteiger partial charge in [0.25, 0.3) is 0 Å². The fourth-order valence-corrected chi connectivity index (χ4v) is 0.637. The zero-order valence-electron chi connectivity index (χ0n) is 8.76. The summed E-state index contributed by atoms with van der Waals surface area (Å²) in [5.74, 6) is 0. The summed E-state index contributed by atoms with van der Waals surface area (Å²) >= 11 is 3.53.